The van der Waals surface area contributed by atoms with Gasteiger partial charge >= 0.3 is 0 Å². The lowest BCUT2D eigenvalue weighted by Crippen LogP contribution is -2.59. The summed E-state index contributed by atoms with van der Waals surface area (Å²) in [5.41, 5.74) is 1.95. The van der Waals surface area contributed by atoms with Crippen LogP contribution in [0.3, 0.4) is 0 Å². The molecule has 0 unspecified atom stereocenters. The average Bonchev–Trinajstić information content (AvgIpc) is 2.72. The highest BCUT2D eigenvalue weighted by Crippen LogP contribution is 2.41. The zero-order chi connectivity index (χ0) is 20.4. The van der Waals surface area contributed by atoms with Crippen molar-refractivity contribution in [1.29, 1.82) is 0 Å². The van der Waals surface area contributed by atoms with Crippen molar-refractivity contribution in [3.05, 3.63) is 53.8 Å². The number of nitrogens with zero attached hydrogens (tertiary/aromatic N) is 1. The highest BCUT2D eigenvalue weighted by molar-refractivity contribution is 5.85. The molecule has 0 bridgehead atoms. The topological polar surface area (TPSA) is 59.0 Å². The molecular formula is C23H26FNO4. The van der Waals surface area contributed by atoms with E-state index in [0.29, 0.717) is 56.9 Å². The fourth-order valence-electron chi connectivity index (χ4n) is 4.38. The van der Waals surface area contributed by atoms with Crippen LogP contribution >= 0.6 is 0 Å². The number of carbonyl (C=O) groups excluding carboxylic acids is 1. The van der Waals surface area contributed by atoms with Crippen LogP contribution in [0.5, 0.6) is 5.75 Å². The molecule has 154 valence electrons. The summed E-state index contributed by atoms with van der Waals surface area (Å²) in [4.78, 5) is 15.1. The molecule has 2 aromatic rings. The minimum atomic E-state index is -0.574. The average molecular weight is 399 g/mol. The molecule has 0 aliphatic carbocycles. The van der Waals surface area contributed by atoms with Gasteiger partial charge < -0.3 is 19.5 Å². The van der Waals surface area contributed by atoms with Crippen LogP contribution in [0.4, 0.5) is 4.39 Å². The van der Waals surface area contributed by atoms with Crippen LogP contribution in [0.25, 0.3) is 11.1 Å². The van der Waals surface area contributed by atoms with Crippen LogP contribution in [-0.2, 0) is 16.0 Å². The van der Waals surface area contributed by atoms with Crippen LogP contribution in [0.1, 0.15) is 18.4 Å². The third kappa shape index (κ3) is 3.87. The van der Waals surface area contributed by atoms with Gasteiger partial charge in [0.1, 0.15) is 11.6 Å². The van der Waals surface area contributed by atoms with Gasteiger partial charge in [-0.05, 0) is 48.6 Å². The molecule has 0 aromatic heterocycles. The van der Waals surface area contributed by atoms with Crippen molar-refractivity contribution in [2.75, 3.05) is 33.4 Å². The summed E-state index contributed by atoms with van der Waals surface area (Å²) in [7, 11) is 1.57. The second kappa shape index (κ2) is 8.13. The van der Waals surface area contributed by atoms with E-state index < -0.39 is 11.5 Å². The molecule has 2 aliphatic heterocycles. The Morgan fingerprint density at radius 3 is 2.62 bits per heavy atom. The van der Waals surface area contributed by atoms with Gasteiger partial charge in [-0.1, -0.05) is 24.3 Å². The molecule has 0 atom stereocenters. The highest BCUT2D eigenvalue weighted by Gasteiger charge is 2.45. The first-order valence-corrected chi connectivity index (χ1v) is 9.99. The van der Waals surface area contributed by atoms with E-state index in [1.807, 2.05) is 24.3 Å². The monoisotopic (exact) mass is 399 g/mol. The second-order valence-corrected chi connectivity index (χ2v) is 7.94. The zero-order valence-electron chi connectivity index (χ0n) is 16.6. The van der Waals surface area contributed by atoms with Gasteiger partial charge in [-0.2, -0.15) is 0 Å². The maximum atomic E-state index is 14.0. The lowest BCUT2D eigenvalue weighted by molar-refractivity contribution is -0.158. The maximum absolute atomic E-state index is 14.0. The van der Waals surface area contributed by atoms with Crippen LogP contribution in [0.15, 0.2) is 42.5 Å². The number of rotatable bonds is 5. The zero-order valence-corrected chi connectivity index (χ0v) is 16.6. The SMILES string of the molecule is COc1ccc(F)cc1-c1ccccc1CC1(C(=O)N2CC(O)C2)CCOCC1. The summed E-state index contributed by atoms with van der Waals surface area (Å²) in [5, 5.41) is 9.65. The smallest absolute Gasteiger partial charge is 0.229 e. The molecule has 4 rings (SSSR count). The Labute approximate surface area is 170 Å². The van der Waals surface area contributed by atoms with E-state index in [0.717, 1.165) is 11.1 Å². The van der Waals surface area contributed by atoms with Crippen LogP contribution in [-0.4, -0.2) is 55.4 Å². The Bertz CT molecular complexity index is 888. The van der Waals surface area contributed by atoms with E-state index in [-0.39, 0.29) is 11.7 Å². The third-order valence-electron chi connectivity index (χ3n) is 6.05. The summed E-state index contributed by atoms with van der Waals surface area (Å²) in [6.45, 7) is 1.85. The fraction of sp³-hybridized carbons (Fsp3) is 0.435. The first kappa shape index (κ1) is 19.9. The molecule has 2 fully saturated rings. The van der Waals surface area contributed by atoms with Gasteiger partial charge in [0.15, 0.2) is 0 Å². The van der Waals surface area contributed by atoms with Crippen LogP contribution in [0.2, 0.25) is 0 Å². The van der Waals surface area contributed by atoms with Gasteiger partial charge in [0.05, 0.1) is 18.6 Å². The maximum Gasteiger partial charge on any atom is 0.229 e. The Kier molecular flexibility index (Phi) is 5.56. The first-order valence-electron chi connectivity index (χ1n) is 9.99. The number of hydrogen-bond acceptors (Lipinski definition) is 4. The van der Waals surface area contributed by atoms with Gasteiger partial charge in [0.2, 0.25) is 5.91 Å². The van der Waals surface area contributed by atoms with E-state index in [1.54, 1.807) is 18.1 Å². The van der Waals surface area contributed by atoms with Gasteiger partial charge in [-0.3, -0.25) is 4.79 Å². The minimum absolute atomic E-state index is 0.0760. The molecule has 2 aromatic carbocycles. The van der Waals surface area contributed by atoms with Crippen LogP contribution < -0.4 is 4.74 Å². The molecule has 2 aliphatic rings. The fourth-order valence-corrected chi connectivity index (χ4v) is 4.38. The molecule has 5 nitrogen and oxygen atoms in total. The molecule has 2 saturated heterocycles. The highest BCUT2D eigenvalue weighted by atomic mass is 19.1. The Morgan fingerprint density at radius 2 is 1.93 bits per heavy atom. The van der Waals surface area contributed by atoms with Gasteiger partial charge in [-0.25, -0.2) is 4.39 Å². The molecule has 0 saturated carbocycles. The van der Waals surface area contributed by atoms with Gasteiger partial charge in [0.25, 0.3) is 0 Å². The van der Waals surface area contributed by atoms with E-state index in [9.17, 15) is 14.3 Å². The Morgan fingerprint density at radius 1 is 1.21 bits per heavy atom. The molecule has 0 radical (unpaired) electrons. The quantitative estimate of drug-likeness (QED) is 0.840. The van der Waals surface area contributed by atoms with E-state index >= 15 is 0 Å². The number of amides is 1. The molecule has 6 heteroatoms. The number of benzene rings is 2. The lowest BCUT2D eigenvalue weighted by Gasteiger charge is -2.45. The molecular weight excluding hydrogens is 373 g/mol. The summed E-state index contributed by atoms with van der Waals surface area (Å²) in [5.74, 6) is 0.339. The second-order valence-electron chi connectivity index (χ2n) is 7.94. The van der Waals surface area contributed by atoms with Gasteiger partial charge in [-0.15, -0.1) is 0 Å². The van der Waals surface area contributed by atoms with Crippen molar-refractivity contribution >= 4 is 5.91 Å². The largest absolute Gasteiger partial charge is 0.496 e. The predicted octanol–water partition coefficient (Wildman–Crippen LogP) is 3.04. The summed E-state index contributed by atoms with van der Waals surface area (Å²) in [6.07, 6.45) is 1.37. The van der Waals surface area contributed by atoms with Crippen molar-refractivity contribution in [2.24, 2.45) is 5.41 Å². The minimum Gasteiger partial charge on any atom is -0.496 e. The number of methoxy groups -OCH3 is 1. The van der Waals surface area contributed by atoms with E-state index in [1.165, 1.54) is 12.1 Å². The summed E-state index contributed by atoms with van der Waals surface area (Å²) in [6, 6.07) is 12.3. The number of likely N-dealkylation sites (tertiary alicyclic amines) is 1. The number of ether oxygens (including phenoxy) is 2. The Balaban J connectivity index is 1.71. The van der Waals surface area contributed by atoms with E-state index in [4.69, 9.17) is 9.47 Å². The van der Waals surface area contributed by atoms with Gasteiger partial charge in [0, 0.05) is 31.9 Å². The predicted molar refractivity (Wildman–Crippen MR) is 107 cm³/mol. The van der Waals surface area contributed by atoms with Crippen molar-refractivity contribution in [3.8, 4) is 16.9 Å². The number of hydrogen-bond donors (Lipinski definition) is 1. The normalized spacial score (nSPS) is 18.9. The number of carbonyl (C=O) groups is 1. The number of aliphatic hydroxyl groups excluding tert-OH is 1. The van der Waals surface area contributed by atoms with Crippen molar-refractivity contribution in [2.45, 2.75) is 25.4 Å². The molecule has 0 spiro atoms. The molecule has 2 heterocycles. The summed E-state index contributed by atoms with van der Waals surface area (Å²) >= 11 is 0. The molecule has 1 N–H and O–H groups in total. The molecule has 1 amide bonds. The summed E-state index contributed by atoms with van der Waals surface area (Å²) < 4.78 is 25.0. The molecule has 29 heavy (non-hydrogen) atoms. The van der Waals surface area contributed by atoms with Crippen LogP contribution in [0, 0.1) is 11.2 Å². The van der Waals surface area contributed by atoms with E-state index in [2.05, 4.69) is 0 Å². The standard InChI is InChI=1S/C23H26FNO4/c1-28-21-7-6-17(24)12-20(21)19-5-3-2-4-16(19)13-23(8-10-29-11-9-23)22(27)25-14-18(26)15-25/h2-7,12,18,26H,8-11,13-15H2,1H3. The number of halogens is 1. The number of aliphatic hydroxyl groups is 1. The number of β-amino-alcohol motifs (C(OH)–C–C–N with tert-alkyl or cyclic N) is 1. The first-order chi connectivity index (χ1) is 14.0. The lowest BCUT2D eigenvalue weighted by atomic mass is 9.72. The van der Waals surface area contributed by atoms with Crippen molar-refractivity contribution in [3.63, 3.8) is 0 Å². The van der Waals surface area contributed by atoms with Crippen molar-refractivity contribution < 1.29 is 23.8 Å². The Hall–Kier alpha value is -2.44. The third-order valence-corrected chi connectivity index (χ3v) is 6.05. The van der Waals surface area contributed by atoms with Crippen molar-refractivity contribution in [1.82, 2.24) is 4.90 Å².